The van der Waals surface area contributed by atoms with Crippen molar-refractivity contribution in [2.24, 2.45) is 11.7 Å². The highest BCUT2D eigenvalue weighted by molar-refractivity contribution is 5.47. The molecule has 1 aromatic carbocycles. The Labute approximate surface area is 109 Å². The van der Waals surface area contributed by atoms with E-state index in [-0.39, 0.29) is 11.4 Å². The zero-order chi connectivity index (χ0) is 13.2. The van der Waals surface area contributed by atoms with Gasteiger partial charge in [-0.25, -0.2) is 4.39 Å². The van der Waals surface area contributed by atoms with Gasteiger partial charge in [-0.05, 0) is 30.9 Å². The van der Waals surface area contributed by atoms with E-state index in [4.69, 9.17) is 5.73 Å². The molecule has 0 heterocycles. The third kappa shape index (κ3) is 3.02. The molecule has 1 aromatic rings. The summed E-state index contributed by atoms with van der Waals surface area (Å²) in [6, 6.07) is 6.89. The van der Waals surface area contributed by atoms with E-state index < -0.39 is 0 Å². The van der Waals surface area contributed by atoms with Crippen LogP contribution in [0.5, 0.6) is 0 Å². The second kappa shape index (κ2) is 5.27. The van der Waals surface area contributed by atoms with Gasteiger partial charge in [0.2, 0.25) is 0 Å². The van der Waals surface area contributed by atoms with Crippen LogP contribution in [0.3, 0.4) is 0 Å². The fourth-order valence-electron chi connectivity index (χ4n) is 3.16. The fourth-order valence-corrected chi connectivity index (χ4v) is 3.16. The molecule has 2 N–H and O–H groups in total. The number of nitrogens with two attached hydrogens (primary N) is 1. The molecule has 1 fully saturated rings. The molecule has 100 valence electrons. The average Bonchev–Trinajstić information content (AvgIpc) is 2.28. The highest BCUT2D eigenvalue weighted by atomic mass is 19.1. The van der Waals surface area contributed by atoms with Gasteiger partial charge in [0, 0.05) is 19.1 Å². The average molecular weight is 250 g/mol. The fraction of sp³-hybridized carbons (Fsp3) is 0.600. The second-order valence-corrected chi connectivity index (χ2v) is 5.87. The highest BCUT2D eigenvalue weighted by Gasteiger charge is 2.32. The Morgan fingerprint density at radius 1 is 1.44 bits per heavy atom. The summed E-state index contributed by atoms with van der Waals surface area (Å²) in [5, 5.41) is 0. The molecule has 3 heteroatoms. The molecule has 2 rings (SSSR count). The summed E-state index contributed by atoms with van der Waals surface area (Å²) < 4.78 is 13.7. The van der Waals surface area contributed by atoms with Gasteiger partial charge in [0.1, 0.15) is 5.82 Å². The van der Waals surface area contributed by atoms with Crippen LogP contribution >= 0.6 is 0 Å². The van der Waals surface area contributed by atoms with Crippen molar-refractivity contribution < 1.29 is 4.39 Å². The Hall–Kier alpha value is -1.09. The van der Waals surface area contributed by atoms with Gasteiger partial charge in [0.05, 0.1) is 5.69 Å². The number of para-hydroxylation sites is 1. The van der Waals surface area contributed by atoms with Gasteiger partial charge in [-0.15, -0.1) is 0 Å². The van der Waals surface area contributed by atoms with Gasteiger partial charge in [0.15, 0.2) is 0 Å². The lowest BCUT2D eigenvalue weighted by molar-refractivity contribution is 0.241. The van der Waals surface area contributed by atoms with Crippen LogP contribution in [-0.4, -0.2) is 19.1 Å². The first-order valence-corrected chi connectivity index (χ1v) is 6.75. The molecule has 18 heavy (non-hydrogen) atoms. The topological polar surface area (TPSA) is 29.3 Å². The van der Waals surface area contributed by atoms with Crippen molar-refractivity contribution in [1.29, 1.82) is 0 Å². The summed E-state index contributed by atoms with van der Waals surface area (Å²) in [5.74, 6) is 0.505. The van der Waals surface area contributed by atoms with Gasteiger partial charge >= 0.3 is 0 Å². The minimum Gasteiger partial charge on any atom is -0.370 e. The molecule has 2 nitrogen and oxygen atoms in total. The molecule has 0 saturated heterocycles. The molecule has 0 aromatic heterocycles. The summed E-state index contributed by atoms with van der Waals surface area (Å²) in [6.07, 6.45) is 4.52. The number of hydrogen-bond donors (Lipinski definition) is 1. The highest BCUT2D eigenvalue weighted by Crippen LogP contribution is 2.32. The molecule has 1 saturated carbocycles. The summed E-state index contributed by atoms with van der Waals surface area (Å²) >= 11 is 0. The van der Waals surface area contributed by atoms with Crippen LogP contribution in [-0.2, 0) is 0 Å². The zero-order valence-corrected chi connectivity index (χ0v) is 11.3. The van der Waals surface area contributed by atoms with Gasteiger partial charge in [-0.1, -0.05) is 31.9 Å². The van der Waals surface area contributed by atoms with Crippen LogP contribution in [0.1, 0.15) is 32.6 Å². The Morgan fingerprint density at radius 3 is 2.83 bits per heavy atom. The van der Waals surface area contributed by atoms with Crippen molar-refractivity contribution in [3.05, 3.63) is 30.1 Å². The molecule has 0 bridgehead atoms. The first-order valence-electron chi connectivity index (χ1n) is 6.75. The monoisotopic (exact) mass is 250 g/mol. The van der Waals surface area contributed by atoms with E-state index in [2.05, 4.69) is 6.92 Å². The molecule has 1 aliphatic rings. The second-order valence-electron chi connectivity index (χ2n) is 5.87. The third-order valence-corrected chi connectivity index (χ3v) is 3.94. The van der Waals surface area contributed by atoms with E-state index in [1.165, 1.54) is 18.9 Å². The van der Waals surface area contributed by atoms with E-state index in [0.717, 1.165) is 19.4 Å². The predicted octanol–water partition coefficient (Wildman–Crippen LogP) is 3.17. The summed E-state index contributed by atoms with van der Waals surface area (Å²) in [7, 11) is 1.92. The van der Waals surface area contributed by atoms with Crippen LogP contribution in [0.15, 0.2) is 24.3 Å². The van der Waals surface area contributed by atoms with Gasteiger partial charge in [-0.3, -0.25) is 0 Å². The van der Waals surface area contributed by atoms with E-state index in [9.17, 15) is 4.39 Å². The van der Waals surface area contributed by atoms with Crippen molar-refractivity contribution in [2.75, 3.05) is 18.5 Å². The van der Waals surface area contributed by atoms with Crippen LogP contribution in [0.2, 0.25) is 0 Å². The van der Waals surface area contributed by atoms with Gasteiger partial charge in [-0.2, -0.15) is 0 Å². The number of likely N-dealkylation sites (N-methyl/N-ethyl adjacent to an activating group) is 1. The summed E-state index contributed by atoms with van der Waals surface area (Å²) in [5.41, 5.74) is 6.94. The largest absolute Gasteiger partial charge is 0.370 e. The smallest absolute Gasteiger partial charge is 0.146 e. The van der Waals surface area contributed by atoms with Crippen LogP contribution in [0.25, 0.3) is 0 Å². The Balaban J connectivity index is 2.07. The molecule has 0 spiro atoms. The van der Waals surface area contributed by atoms with Gasteiger partial charge in [0.25, 0.3) is 0 Å². The molecule has 2 atom stereocenters. The molecule has 0 amide bonds. The number of halogens is 1. The predicted molar refractivity (Wildman–Crippen MR) is 74.2 cm³/mol. The molecular weight excluding hydrogens is 227 g/mol. The maximum absolute atomic E-state index is 13.7. The number of rotatable bonds is 3. The van der Waals surface area contributed by atoms with E-state index in [0.29, 0.717) is 11.6 Å². The van der Waals surface area contributed by atoms with Gasteiger partial charge < -0.3 is 10.6 Å². The zero-order valence-electron chi connectivity index (χ0n) is 11.3. The third-order valence-electron chi connectivity index (χ3n) is 3.94. The minimum atomic E-state index is -0.174. The first-order chi connectivity index (χ1) is 8.50. The SMILES string of the molecule is CC1CCCC(N)(CN(C)c2ccccc2F)C1. The van der Waals surface area contributed by atoms with E-state index in [1.807, 2.05) is 24.1 Å². The normalized spacial score (nSPS) is 28.1. The van der Waals surface area contributed by atoms with Crippen LogP contribution in [0.4, 0.5) is 10.1 Å². The van der Waals surface area contributed by atoms with Crippen molar-refractivity contribution in [3.63, 3.8) is 0 Å². The number of benzene rings is 1. The van der Waals surface area contributed by atoms with Crippen molar-refractivity contribution >= 4 is 5.69 Å². The quantitative estimate of drug-likeness (QED) is 0.892. The Kier molecular flexibility index (Phi) is 3.91. The standard InChI is InChI=1S/C15H23FN2/c1-12-6-5-9-15(17,10-12)11-18(2)14-8-4-3-7-13(14)16/h3-4,7-8,12H,5-6,9-11,17H2,1-2H3. The van der Waals surface area contributed by atoms with Crippen molar-refractivity contribution in [3.8, 4) is 0 Å². The first kappa shape index (κ1) is 13.3. The lowest BCUT2D eigenvalue weighted by atomic mass is 9.77. The molecule has 0 radical (unpaired) electrons. The van der Waals surface area contributed by atoms with Crippen LogP contribution < -0.4 is 10.6 Å². The Morgan fingerprint density at radius 2 is 2.17 bits per heavy atom. The number of nitrogens with zero attached hydrogens (tertiary/aromatic N) is 1. The lowest BCUT2D eigenvalue weighted by Gasteiger charge is -2.40. The summed E-state index contributed by atoms with van der Waals surface area (Å²) in [6.45, 7) is 2.97. The van der Waals surface area contributed by atoms with E-state index in [1.54, 1.807) is 6.07 Å². The molecule has 2 unspecified atom stereocenters. The molecular formula is C15H23FN2. The minimum absolute atomic E-state index is 0.172. The van der Waals surface area contributed by atoms with Crippen molar-refractivity contribution in [1.82, 2.24) is 0 Å². The number of hydrogen-bond acceptors (Lipinski definition) is 2. The lowest BCUT2D eigenvalue weighted by Crippen LogP contribution is -2.52. The maximum atomic E-state index is 13.7. The molecule has 1 aliphatic carbocycles. The summed E-state index contributed by atoms with van der Waals surface area (Å²) in [4.78, 5) is 1.95. The Bertz CT molecular complexity index is 407. The van der Waals surface area contributed by atoms with Crippen LogP contribution in [0, 0.1) is 11.7 Å². The van der Waals surface area contributed by atoms with E-state index >= 15 is 0 Å². The number of anilines is 1. The molecule has 0 aliphatic heterocycles. The maximum Gasteiger partial charge on any atom is 0.146 e. The van der Waals surface area contributed by atoms with Crippen molar-refractivity contribution in [2.45, 2.75) is 38.1 Å².